The molecule has 0 saturated carbocycles. The number of amides is 1. The van der Waals surface area contributed by atoms with Gasteiger partial charge in [0.15, 0.2) is 0 Å². The van der Waals surface area contributed by atoms with E-state index in [1.807, 2.05) is 47.8 Å². The Morgan fingerprint density at radius 3 is 2.82 bits per heavy atom. The van der Waals surface area contributed by atoms with Gasteiger partial charge in [-0.3, -0.25) is 4.79 Å². The number of hydrogen-bond donors (Lipinski definition) is 0. The van der Waals surface area contributed by atoms with Crippen LogP contribution in [0.4, 0.5) is 0 Å². The number of benzene rings is 1. The summed E-state index contributed by atoms with van der Waals surface area (Å²) in [4.78, 5) is 20.1. The van der Waals surface area contributed by atoms with Crippen LogP contribution < -0.4 is 0 Å². The van der Waals surface area contributed by atoms with E-state index in [2.05, 4.69) is 11.6 Å². The number of rotatable bonds is 5. The van der Waals surface area contributed by atoms with Crippen LogP contribution in [-0.2, 0) is 6.54 Å². The van der Waals surface area contributed by atoms with Crippen molar-refractivity contribution in [1.29, 1.82) is 0 Å². The lowest BCUT2D eigenvalue weighted by molar-refractivity contribution is 0.0759. The fourth-order valence-electron chi connectivity index (χ4n) is 2.31. The summed E-state index contributed by atoms with van der Waals surface area (Å²) in [5.41, 5.74) is 1.31. The summed E-state index contributed by atoms with van der Waals surface area (Å²) in [6.07, 6.45) is 1.74. The van der Waals surface area contributed by atoms with Crippen molar-refractivity contribution in [2.75, 3.05) is 6.54 Å². The van der Waals surface area contributed by atoms with E-state index in [1.54, 1.807) is 28.4 Å². The zero-order valence-electron chi connectivity index (χ0n) is 12.1. The van der Waals surface area contributed by atoms with Gasteiger partial charge in [-0.25, -0.2) is 4.98 Å². The highest BCUT2D eigenvalue weighted by Crippen LogP contribution is 2.16. The van der Waals surface area contributed by atoms with Gasteiger partial charge in [0, 0.05) is 16.8 Å². The quantitative estimate of drug-likeness (QED) is 0.664. The van der Waals surface area contributed by atoms with E-state index < -0.39 is 0 Å². The third-order valence-corrected chi connectivity index (χ3v) is 4.24. The van der Waals surface area contributed by atoms with Crippen molar-refractivity contribution in [2.45, 2.75) is 6.54 Å². The van der Waals surface area contributed by atoms with Crippen molar-refractivity contribution in [3.8, 4) is 0 Å². The second kappa shape index (κ2) is 6.54. The Hall–Kier alpha value is -2.46. The Kier molecular flexibility index (Phi) is 4.30. The molecule has 0 aliphatic carbocycles. The molecule has 0 atom stereocenters. The van der Waals surface area contributed by atoms with Crippen molar-refractivity contribution in [3.05, 3.63) is 77.1 Å². The molecular formula is C18H16N2OS. The summed E-state index contributed by atoms with van der Waals surface area (Å²) in [5.74, 6) is -0.0703. The fourth-order valence-corrected chi connectivity index (χ4v) is 3.03. The average molecular weight is 308 g/mol. The molecule has 2 aromatic heterocycles. The number of fused-ring (bicyclic) bond motifs is 1. The second-order valence-corrected chi connectivity index (χ2v) is 5.98. The molecule has 1 aromatic carbocycles. The van der Waals surface area contributed by atoms with Gasteiger partial charge in [-0.05, 0) is 23.6 Å². The molecule has 0 N–H and O–H groups in total. The van der Waals surface area contributed by atoms with Crippen LogP contribution in [0, 0.1) is 0 Å². The van der Waals surface area contributed by atoms with Gasteiger partial charge in [0.2, 0.25) is 0 Å². The summed E-state index contributed by atoms with van der Waals surface area (Å²) >= 11 is 1.64. The third-order valence-electron chi connectivity index (χ3n) is 3.38. The molecule has 0 saturated heterocycles. The molecule has 22 heavy (non-hydrogen) atoms. The third kappa shape index (κ3) is 3.07. The van der Waals surface area contributed by atoms with Crippen LogP contribution in [0.2, 0.25) is 0 Å². The molecule has 3 rings (SSSR count). The molecule has 0 fully saturated rings. The standard InChI is InChI=1S/C18H16N2OS/c1-2-11-20(13-15-7-5-12-22-15)18(21)17-10-9-14-6-3-4-8-16(14)19-17/h2-10,12H,1,11,13H2. The van der Waals surface area contributed by atoms with Gasteiger partial charge in [0.25, 0.3) is 5.91 Å². The lowest BCUT2D eigenvalue weighted by Crippen LogP contribution is -2.31. The molecule has 0 aliphatic heterocycles. The predicted octanol–water partition coefficient (Wildman–Crippen LogP) is 4.12. The minimum Gasteiger partial charge on any atom is -0.328 e. The van der Waals surface area contributed by atoms with E-state index >= 15 is 0 Å². The molecule has 0 spiro atoms. The molecule has 0 bridgehead atoms. The highest BCUT2D eigenvalue weighted by Gasteiger charge is 2.17. The van der Waals surface area contributed by atoms with E-state index in [4.69, 9.17) is 0 Å². The van der Waals surface area contributed by atoms with Crippen molar-refractivity contribution in [3.63, 3.8) is 0 Å². The number of carbonyl (C=O) groups is 1. The molecule has 0 unspecified atom stereocenters. The number of para-hydroxylation sites is 1. The summed E-state index contributed by atoms with van der Waals surface area (Å²) in [6, 6.07) is 15.5. The largest absolute Gasteiger partial charge is 0.328 e. The maximum Gasteiger partial charge on any atom is 0.273 e. The first-order valence-corrected chi connectivity index (χ1v) is 7.94. The molecule has 2 heterocycles. The summed E-state index contributed by atoms with van der Waals surface area (Å²) < 4.78 is 0. The highest BCUT2D eigenvalue weighted by molar-refractivity contribution is 7.09. The maximum atomic E-state index is 12.7. The van der Waals surface area contributed by atoms with Gasteiger partial charge in [-0.2, -0.15) is 0 Å². The molecular weight excluding hydrogens is 292 g/mol. The lowest BCUT2D eigenvalue weighted by atomic mass is 10.2. The van der Waals surface area contributed by atoms with Gasteiger partial charge in [0.1, 0.15) is 5.69 Å². The zero-order valence-corrected chi connectivity index (χ0v) is 12.9. The minimum absolute atomic E-state index is 0.0703. The average Bonchev–Trinajstić information content (AvgIpc) is 3.06. The van der Waals surface area contributed by atoms with Gasteiger partial charge < -0.3 is 4.90 Å². The minimum atomic E-state index is -0.0703. The second-order valence-electron chi connectivity index (χ2n) is 4.94. The molecule has 0 radical (unpaired) electrons. The number of hydrogen-bond acceptors (Lipinski definition) is 3. The first kappa shape index (κ1) is 14.5. The summed E-state index contributed by atoms with van der Waals surface area (Å²) in [7, 11) is 0. The highest BCUT2D eigenvalue weighted by atomic mass is 32.1. The Labute approximate surface area is 133 Å². The van der Waals surface area contributed by atoms with Gasteiger partial charge in [-0.15, -0.1) is 17.9 Å². The van der Waals surface area contributed by atoms with Gasteiger partial charge >= 0.3 is 0 Å². The Balaban J connectivity index is 1.88. The molecule has 1 amide bonds. The van der Waals surface area contributed by atoms with Gasteiger partial charge in [-0.1, -0.05) is 36.4 Å². The first-order chi connectivity index (χ1) is 10.8. The smallest absolute Gasteiger partial charge is 0.273 e. The maximum absolute atomic E-state index is 12.7. The van der Waals surface area contributed by atoms with Crippen LogP contribution in [-0.4, -0.2) is 22.3 Å². The zero-order chi connectivity index (χ0) is 15.4. The monoisotopic (exact) mass is 308 g/mol. The molecule has 110 valence electrons. The Morgan fingerprint density at radius 2 is 2.05 bits per heavy atom. The van der Waals surface area contributed by atoms with E-state index in [0.717, 1.165) is 15.8 Å². The summed E-state index contributed by atoms with van der Waals surface area (Å²) in [5, 5.41) is 3.05. The fraction of sp³-hybridized carbons (Fsp3) is 0.111. The van der Waals surface area contributed by atoms with E-state index in [-0.39, 0.29) is 5.91 Å². The molecule has 4 heteroatoms. The van der Waals surface area contributed by atoms with Crippen molar-refractivity contribution >= 4 is 28.1 Å². The van der Waals surface area contributed by atoms with Crippen LogP contribution >= 0.6 is 11.3 Å². The van der Waals surface area contributed by atoms with Crippen molar-refractivity contribution < 1.29 is 4.79 Å². The predicted molar refractivity (Wildman–Crippen MR) is 91.0 cm³/mol. The van der Waals surface area contributed by atoms with Crippen LogP contribution in [0.15, 0.2) is 66.6 Å². The number of pyridine rings is 1. The lowest BCUT2D eigenvalue weighted by Gasteiger charge is -2.20. The van der Waals surface area contributed by atoms with Crippen LogP contribution in [0.1, 0.15) is 15.4 Å². The van der Waals surface area contributed by atoms with E-state index in [0.29, 0.717) is 18.8 Å². The Morgan fingerprint density at radius 1 is 1.18 bits per heavy atom. The first-order valence-electron chi connectivity index (χ1n) is 7.06. The topological polar surface area (TPSA) is 33.2 Å². The van der Waals surface area contributed by atoms with Crippen molar-refractivity contribution in [1.82, 2.24) is 9.88 Å². The van der Waals surface area contributed by atoms with Crippen LogP contribution in [0.25, 0.3) is 10.9 Å². The van der Waals surface area contributed by atoms with Crippen LogP contribution in [0.5, 0.6) is 0 Å². The number of carbonyl (C=O) groups excluding carboxylic acids is 1. The summed E-state index contributed by atoms with van der Waals surface area (Å²) in [6.45, 7) is 4.83. The SMILES string of the molecule is C=CCN(Cc1cccs1)C(=O)c1ccc2ccccc2n1. The van der Waals surface area contributed by atoms with E-state index in [9.17, 15) is 4.79 Å². The number of thiophene rings is 1. The number of nitrogens with zero attached hydrogens (tertiary/aromatic N) is 2. The Bertz CT molecular complexity index is 796. The molecule has 0 aliphatic rings. The normalized spacial score (nSPS) is 10.5. The molecule has 3 aromatic rings. The van der Waals surface area contributed by atoms with Crippen molar-refractivity contribution in [2.24, 2.45) is 0 Å². The van der Waals surface area contributed by atoms with E-state index in [1.165, 1.54) is 0 Å². The molecule has 3 nitrogen and oxygen atoms in total. The van der Waals surface area contributed by atoms with Gasteiger partial charge in [0.05, 0.1) is 12.1 Å². The van der Waals surface area contributed by atoms with Crippen LogP contribution in [0.3, 0.4) is 0 Å². The number of aromatic nitrogens is 1.